The molecule has 0 atom stereocenters. The van der Waals surface area contributed by atoms with Crippen molar-refractivity contribution in [3.8, 4) is 23.0 Å². The van der Waals surface area contributed by atoms with E-state index in [9.17, 15) is 4.79 Å². The third-order valence-corrected chi connectivity index (χ3v) is 4.26. The summed E-state index contributed by atoms with van der Waals surface area (Å²) < 4.78 is 16.5. The maximum atomic E-state index is 12.8. The average Bonchev–Trinajstić information content (AvgIpc) is 3.16. The summed E-state index contributed by atoms with van der Waals surface area (Å²) in [7, 11) is 1.78. The minimum Gasteiger partial charge on any atom is -0.457 e. The second kappa shape index (κ2) is 7.41. The Morgan fingerprint density at radius 3 is 2.56 bits per heavy atom. The molecule has 0 fully saturated rings. The molecule has 3 aromatic carbocycles. The van der Waals surface area contributed by atoms with Crippen molar-refractivity contribution < 1.29 is 19.0 Å². The van der Waals surface area contributed by atoms with Crippen LogP contribution in [0.5, 0.6) is 23.0 Å². The highest BCUT2D eigenvalue weighted by atomic mass is 16.7. The fourth-order valence-corrected chi connectivity index (χ4v) is 2.92. The number of fused-ring (bicyclic) bond motifs is 1. The molecular weight excluding hydrogens is 342 g/mol. The molecule has 1 amide bonds. The van der Waals surface area contributed by atoms with Gasteiger partial charge in [0, 0.05) is 19.2 Å². The van der Waals surface area contributed by atoms with Gasteiger partial charge >= 0.3 is 0 Å². The summed E-state index contributed by atoms with van der Waals surface area (Å²) in [5.74, 6) is 2.73. The molecule has 1 aliphatic heterocycles. The molecule has 0 unspecified atom stereocenters. The molecule has 5 heteroatoms. The molecule has 4 rings (SSSR count). The van der Waals surface area contributed by atoms with Crippen molar-refractivity contribution in [2.75, 3.05) is 13.8 Å². The van der Waals surface area contributed by atoms with Crippen molar-refractivity contribution >= 4 is 5.91 Å². The zero-order chi connectivity index (χ0) is 18.6. The lowest BCUT2D eigenvalue weighted by Crippen LogP contribution is -2.26. The highest BCUT2D eigenvalue weighted by molar-refractivity contribution is 5.94. The first-order chi connectivity index (χ1) is 13.2. The first-order valence-electron chi connectivity index (χ1n) is 8.66. The number of para-hydroxylation sites is 1. The van der Waals surface area contributed by atoms with Gasteiger partial charge in [0.15, 0.2) is 11.5 Å². The summed E-state index contributed by atoms with van der Waals surface area (Å²) in [6, 6.07) is 22.4. The lowest BCUT2D eigenvalue weighted by Gasteiger charge is -2.18. The third kappa shape index (κ3) is 3.87. The topological polar surface area (TPSA) is 48.0 Å². The monoisotopic (exact) mass is 361 g/mol. The fourth-order valence-electron chi connectivity index (χ4n) is 2.92. The average molecular weight is 361 g/mol. The molecule has 0 N–H and O–H groups in total. The van der Waals surface area contributed by atoms with Gasteiger partial charge in [-0.3, -0.25) is 4.79 Å². The number of nitrogens with zero attached hydrogens (tertiary/aromatic N) is 1. The van der Waals surface area contributed by atoms with Crippen molar-refractivity contribution in [1.29, 1.82) is 0 Å². The Labute approximate surface area is 157 Å². The number of ether oxygens (including phenoxy) is 3. The molecule has 0 saturated heterocycles. The fraction of sp³-hybridized carbons (Fsp3) is 0.136. The molecular formula is C22H19NO4. The molecule has 0 saturated carbocycles. The summed E-state index contributed by atoms with van der Waals surface area (Å²) >= 11 is 0. The Hall–Kier alpha value is -3.47. The molecule has 0 radical (unpaired) electrons. The number of hydrogen-bond acceptors (Lipinski definition) is 4. The highest BCUT2D eigenvalue weighted by Gasteiger charge is 2.16. The van der Waals surface area contributed by atoms with Crippen LogP contribution < -0.4 is 14.2 Å². The molecule has 0 spiro atoms. The van der Waals surface area contributed by atoms with E-state index in [0.29, 0.717) is 23.6 Å². The smallest absolute Gasteiger partial charge is 0.254 e. The summed E-state index contributed by atoms with van der Waals surface area (Å²) in [4.78, 5) is 14.5. The Bertz CT molecular complexity index is 956. The summed E-state index contributed by atoms with van der Waals surface area (Å²) in [6.45, 7) is 0.709. The van der Waals surface area contributed by atoms with Gasteiger partial charge < -0.3 is 19.1 Å². The van der Waals surface area contributed by atoms with E-state index >= 15 is 0 Å². The molecule has 136 valence electrons. The molecule has 1 heterocycles. The number of rotatable bonds is 5. The number of hydrogen-bond donors (Lipinski definition) is 0. The van der Waals surface area contributed by atoms with Crippen LogP contribution in [0.1, 0.15) is 15.9 Å². The van der Waals surface area contributed by atoms with E-state index in [1.54, 1.807) is 24.1 Å². The minimum atomic E-state index is -0.0776. The van der Waals surface area contributed by atoms with Crippen LogP contribution in [0.4, 0.5) is 0 Å². The Kier molecular flexibility index (Phi) is 4.66. The van der Waals surface area contributed by atoms with Gasteiger partial charge in [0.25, 0.3) is 5.91 Å². The van der Waals surface area contributed by atoms with Crippen molar-refractivity contribution in [3.63, 3.8) is 0 Å². The Morgan fingerprint density at radius 2 is 1.70 bits per heavy atom. The Balaban J connectivity index is 1.46. The van der Waals surface area contributed by atoms with Gasteiger partial charge in [-0.25, -0.2) is 0 Å². The van der Waals surface area contributed by atoms with Gasteiger partial charge in [-0.1, -0.05) is 30.3 Å². The molecule has 0 aliphatic carbocycles. The van der Waals surface area contributed by atoms with Crippen LogP contribution in [0.3, 0.4) is 0 Å². The predicted octanol–water partition coefficient (Wildman–Crippen LogP) is 4.48. The second-order valence-electron chi connectivity index (χ2n) is 6.29. The number of carbonyl (C=O) groups excluding carboxylic acids is 1. The van der Waals surface area contributed by atoms with E-state index < -0.39 is 0 Å². The number of carbonyl (C=O) groups is 1. The van der Waals surface area contributed by atoms with Gasteiger partial charge in [-0.2, -0.15) is 0 Å². The second-order valence-corrected chi connectivity index (χ2v) is 6.29. The maximum absolute atomic E-state index is 12.8. The van der Waals surface area contributed by atoms with Crippen LogP contribution in [0.25, 0.3) is 0 Å². The summed E-state index contributed by atoms with van der Waals surface area (Å²) in [6.07, 6.45) is 0. The highest BCUT2D eigenvalue weighted by Crippen LogP contribution is 2.32. The minimum absolute atomic E-state index is 0.0776. The molecule has 0 aromatic heterocycles. The van der Waals surface area contributed by atoms with Crippen LogP contribution in [0.15, 0.2) is 72.8 Å². The quantitative estimate of drug-likeness (QED) is 0.672. The van der Waals surface area contributed by atoms with Crippen LogP contribution in [-0.4, -0.2) is 24.6 Å². The first-order valence-corrected chi connectivity index (χ1v) is 8.66. The van der Waals surface area contributed by atoms with Crippen LogP contribution in [0.2, 0.25) is 0 Å². The first kappa shape index (κ1) is 17.0. The van der Waals surface area contributed by atoms with Crippen molar-refractivity contribution in [1.82, 2.24) is 4.90 Å². The van der Waals surface area contributed by atoms with Gasteiger partial charge in [0.1, 0.15) is 11.5 Å². The maximum Gasteiger partial charge on any atom is 0.254 e. The molecule has 1 aliphatic rings. The van der Waals surface area contributed by atoms with Gasteiger partial charge in [0.2, 0.25) is 6.79 Å². The van der Waals surface area contributed by atoms with Gasteiger partial charge in [-0.05, 0) is 48.0 Å². The van der Waals surface area contributed by atoms with E-state index in [1.807, 2.05) is 60.7 Å². The van der Waals surface area contributed by atoms with Crippen LogP contribution >= 0.6 is 0 Å². The van der Waals surface area contributed by atoms with Crippen LogP contribution in [-0.2, 0) is 6.54 Å². The van der Waals surface area contributed by atoms with E-state index in [4.69, 9.17) is 14.2 Å². The molecule has 27 heavy (non-hydrogen) atoms. The van der Waals surface area contributed by atoms with E-state index in [-0.39, 0.29) is 12.7 Å². The van der Waals surface area contributed by atoms with Gasteiger partial charge in [0.05, 0.1) is 0 Å². The van der Waals surface area contributed by atoms with Crippen LogP contribution in [0, 0.1) is 0 Å². The predicted molar refractivity (Wildman–Crippen MR) is 101 cm³/mol. The van der Waals surface area contributed by atoms with E-state index in [0.717, 1.165) is 17.1 Å². The van der Waals surface area contributed by atoms with Crippen molar-refractivity contribution in [3.05, 3.63) is 83.9 Å². The van der Waals surface area contributed by atoms with Crippen molar-refractivity contribution in [2.24, 2.45) is 0 Å². The standard InChI is InChI=1S/C22H19NO4/c1-23(14-16-10-11-20-21(12-16)26-15-25-20)22(24)17-6-5-9-19(13-17)27-18-7-3-2-4-8-18/h2-13H,14-15H2,1H3. The zero-order valence-corrected chi connectivity index (χ0v) is 14.9. The summed E-state index contributed by atoms with van der Waals surface area (Å²) in [5, 5.41) is 0. The van der Waals surface area contributed by atoms with Crippen molar-refractivity contribution in [2.45, 2.75) is 6.54 Å². The molecule has 3 aromatic rings. The third-order valence-electron chi connectivity index (χ3n) is 4.26. The molecule has 5 nitrogen and oxygen atoms in total. The SMILES string of the molecule is CN(Cc1ccc2c(c1)OCO2)C(=O)c1cccc(Oc2ccccc2)c1. The number of benzene rings is 3. The number of amides is 1. The lowest BCUT2D eigenvalue weighted by molar-refractivity contribution is 0.0784. The lowest BCUT2D eigenvalue weighted by atomic mass is 10.1. The largest absolute Gasteiger partial charge is 0.457 e. The zero-order valence-electron chi connectivity index (χ0n) is 14.9. The summed E-state index contributed by atoms with van der Waals surface area (Å²) in [5.41, 5.74) is 1.55. The molecule has 0 bridgehead atoms. The normalized spacial score (nSPS) is 11.9. The van der Waals surface area contributed by atoms with Gasteiger partial charge in [-0.15, -0.1) is 0 Å². The van der Waals surface area contributed by atoms with E-state index in [2.05, 4.69) is 0 Å². The van der Waals surface area contributed by atoms with E-state index in [1.165, 1.54) is 0 Å². The Morgan fingerprint density at radius 1 is 0.926 bits per heavy atom.